The van der Waals surface area contributed by atoms with Gasteiger partial charge >= 0.3 is 0 Å². The normalized spacial score (nSPS) is 11.6. The maximum Gasteiger partial charge on any atom is 0.111 e. The van der Waals surface area contributed by atoms with E-state index in [-0.39, 0.29) is 0 Å². The summed E-state index contributed by atoms with van der Waals surface area (Å²) in [5.41, 5.74) is 10.0. The fourth-order valence-electron chi connectivity index (χ4n) is 0.218. The van der Waals surface area contributed by atoms with Crippen molar-refractivity contribution in [1.29, 1.82) is 0 Å². The molecule has 0 saturated heterocycles. The van der Waals surface area contributed by atoms with Gasteiger partial charge in [-0.05, 0) is 0 Å². The first kappa shape index (κ1) is 7.10. The molecule has 0 atom stereocenters. The monoisotopic (exact) mass is 114 g/mol. The molecule has 0 aliphatic carbocycles. The number of rotatable bonds is 3. The third kappa shape index (κ3) is 5.10. The molecule has 4 N–H and O–H groups in total. The Bertz CT molecular complexity index is 86.0. The zero-order valence-electron chi connectivity index (χ0n) is 4.62. The summed E-state index contributed by atoms with van der Waals surface area (Å²) in [4.78, 5) is 7.27. The van der Waals surface area contributed by atoms with Gasteiger partial charge in [-0.2, -0.15) is 0 Å². The van der Waals surface area contributed by atoms with Crippen LogP contribution in [0.4, 0.5) is 0 Å². The number of hydrogen-bond acceptors (Lipinski definition) is 2. The van der Waals surface area contributed by atoms with Crippen LogP contribution in [0, 0.1) is 0 Å². The van der Waals surface area contributed by atoms with Gasteiger partial charge in [0.25, 0.3) is 0 Å². The topological polar surface area (TPSA) is 76.8 Å². The summed E-state index contributed by atoms with van der Waals surface area (Å²) < 4.78 is 0. The van der Waals surface area contributed by atoms with Crippen LogP contribution < -0.4 is 11.5 Å². The molecular weight excluding hydrogens is 104 g/mol. The van der Waals surface area contributed by atoms with E-state index in [1.165, 1.54) is 12.7 Å². The van der Waals surface area contributed by atoms with Gasteiger partial charge in [-0.25, -0.2) is 4.99 Å². The molecule has 0 radical (unpaired) electrons. The van der Waals surface area contributed by atoms with Crippen LogP contribution in [0.1, 0.15) is 0 Å². The van der Waals surface area contributed by atoms with E-state index in [0.717, 1.165) is 0 Å². The summed E-state index contributed by atoms with van der Waals surface area (Å²) in [5.74, 6) is 0. The highest BCUT2D eigenvalue weighted by atomic mass is 14.9. The quantitative estimate of drug-likeness (QED) is 0.363. The molecule has 0 saturated carbocycles. The largest absolute Gasteiger partial charge is 0.390 e. The summed E-state index contributed by atoms with van der Waals surface area (Å²) >= 11 is 0. The van der Waals surface area contributed by atoms with Gasteiger partial charge in [-0.1, -0.05) is 0 Å². The zero-order chi connectivity index (χ0) is 6.24. The standard InChI is InChI=1S/C4H10N4/c5-1-2-7-4-8-3-6/h3-4H,1-2,5H2,(H2,6,7,8). The third-order valence-corrected chi connectivity index (χ3v) is 0.493. The van der Waals surface area contributed by atoms with Crippen LogP contribution in [0.5, 0.6) is 0 Å². The molecule has 8 heavy (non-hydrogen) atoms. The Labute approximate surface area is 48.3 Å². The maximum atomic E-state index is 5.11. The van der Waals surface area contributed by atoms with Crippen LogP contribution >= 0.6 is 0 Å². The Balaban J connectivity index is 3.07. The molecule has 0 aliphatic heterocycles. The number of nitrogens with two attached hydrogens (primary N) is 2. The average molecular weight is 114 g/mol. The van der Waals surface area contributed by atoms with E-state index in [9.17, 15) is 0 Å². The molecule has 4 heteroatoms. The smallest absolute Gasteiger partial charge is 0.111 e. The SMILES string of the molecule is NC=NC=NCCN. The van der Waals surface area contributed by atoms with Gasteiger partial charge in [-0.15, -0.1) is 0 Å². The lowest BCUT2D eigenvalue weighted by Crippen LogP contribution is -2.02. The van der Waals surface area contributed by atoms with Gasteiger partial charge in [0.15, 0.2) is 0 Å². The average Bonchev–Trinajstić information content (AvgIpc) is 1.81. The van der Waals surface area contributed by atoms with Crippen LogP contribution in [0.15, 0.2) is 9.98 Å². The van der Waals surface area contributed by atoms with Crippen LogP contribution in [0.2, 0.25) is 0 Å². The summed E-state index contributed by atoms with van der Waals surface area (Å²) in [6.45, 7) is 1.16. The minimum absolute atomic E-state index is 0.552. The second kappa shape index (κ2) is 6.10. The van der Waals surface area contributed by atoms with Gasteiger partial charge in [0, 0.05) is 6.54 Å². The number of aliphatic imine (C=N–C) groups is 2. The van der Waals surface area contributed by atoms with Crippen molar-refractivity contribution in [2.75, 3.05) is 13.1 Å². The van der Waals surface area contributed by atoms with Crippen molar-refractivity contribution < 1.29 is 0 Å². The number of nitrogens with zero attached hydrogens (tertiary/aromatic N) is 2. The molecule has 0 aromatic rings. The van der Waals surface area contributed by atoms with Crippen molar-refractivity contribution in [2.24, 2.45) is 21.5 Å². The lowest BCUT2D eigenvalue weighted by molar-refractivity contribution is 0.979. The van der Waals surface area contributed by atoms with E-state index in [4.69, 9.17) is 11.5 Å². The Hall–Kier alpha value is -0.900. The van der Waals surface area contributed by atoms with E-state index >= 15 is 0 Å². The lowest BCUT2D eigenvalue weighted by atomic mass is 10.7. The Morgan fingerprint density at radius 1 is 1.50 bits per heavy atom. The predicted octanol–water partition coefficient (Wildman–Crippen LogP) is -1.04. The van der Waals surface area contributed by atoms with E-state index in [2.05, 4.69) is 9.98 Å². The van der Waals surface area contributed by atoms with Gasteiger partial charge in [0.1, 0.15) is 6.34 Å². The second-order valence-electron chi connectivity index (χ2n) is 1.11. The molecule has 0 aromatic heterocycles. The lowest BCUT2D eigenvalue weighted by Gasteiger charge is -1.80. The summed E-state index contributed by atoms with van der Waals surface area (Å²) in [5, 5.41) is 0. The molecule has 4 nitrogen and oxygen atoms in total. The fourth-order valence-corrected chi connectivity index (χ4v) is 0.218. The summed E-state index contributed by atoms with van der Waals surface area (Å²) in [6, 6.07) is 0. The molecule has 0 fully saturated rings. The van der Waals surface area contributed by atoms with Gasteiger partial charge in [0.05, 0.1) is 12.9 Å². The molecular formula is C4H10N4. The minimum Gasteiger partial charge on any atom is -0.390 e. The first-order chi connectivity index (χ1) is 3.91. The Morgan fingerprint density at radius 2 is 2.25 bits per heavy atom. The van der Waals surface area contributed by atoms with Gasteiger partial charge in [-0.3, -0.25) is 4.99 Å². The van der Waals surface area contributed by atoms with E-state index < -0.39 is 0 Å². The van der Waals surface area contributed by atoms with Crippen molar-refractivity contribution in [2.45, 2.75) is 0 Å². The van der Waals surface area contributed by atoms with E-state index in [1.54, 1.807) is 0 Å². The summed E-state index contributed by atoms with van der Waals surface area (Å²) in [6.07, 6.45) is 2.56. The maximum absolute atomic E-state index is 5.11. The number of hydrogen-bond donors (Lipinski definition) is 2. The molecule has 0 heterocycles. The van der Waals surface area contributed by atoms with Crippen LogP contribution in [-0.4, -0.2) is 25.8 Å². The Morgan fingerprint density at radius 3 is 2.75 bits per heavy atom. The van der Waals surface area contributed by atoms with Crippen molar-refractivity contribution in [3.8, 4) is 0 Å². The molecule has 0 aliphatic rings. The van der Waals surface area contributed by atoms with E-state index in [0.29, 0.717) is 13.1 Å². The van der Waals surface area contributed by atoms with Gasteiger partial charge in [0.2, 0.25) is 0 Å². The molecule has 0 unspecified atom stereocenters. The van der Waals surface area contributed by atoms with Crippen LogP contribution in [0.25, 0.3) is 0 Å². The van der Waals surface area contributed by atoms with Crippen LogP contribution in [-0.2, 0) is 0 Å². The fraction of sp³-hybridized carbons (Fsp3) is 0.500. The minimum atomic E-state index is 0.552. The molecule has 0 spiro atoms. The van der Waals surface area contributed by atoms with E-state index in [1.807, 2.05) is 0 Å². The molecule has 46 valence electrons. The summed E-state index contributed by atoms with van der Waals surface area (Å²) in [7, 11) is 0. The Kier molecular flexibility index (Phi) is 5.41. The molecule has 0 bridgehead atoms. The first-order valence-corrected chi connectivity index (χ1v) is 2.33. The van der Waals surface area contributed by atoms with Crippen molar-refractivity contribution in [3.05, 3.63) is 0 Å². The molecule has 0 amide bonds. The highest BCUT2D eigenvalue weighted by Crippen LogP contribution is 1.61. The third-order valence-electron chi connectivity index (χ3n) is 0.493. The van der Waals surface area contributed by atoms with Crippen molar-refractivity contribution in [1.82, 2.24) is 0 Å². The second-order valence-corrected chi connectivity index (χ2v) is 1.11. The first-order valence-electron chi connectivity index (χ1n) is 2.33. The van der Waals surface area contributed by atoms with Crippen molar-refractivity contribution in [3.63, 3.8) is 0 Å². The van der Waals surface area contributed by atoms with Gasteiger partial charge < -0.3 is 11.5 Å². The highest BCUT2D eigenvalue weighted by Gasteiger charge is 1.67. The highest BCUT2D eigenvalue weighted by molar-refractivity contribution is 5.69. The zero-order valence-corrected chi connectivity index (χ0v) is 4.62. The molecule has 0 rings (SSSR count). The predicted molar refractivity (Wildman–Crippen MR) is 35.1 cm³/mol. The van der Waals surface area contributed by atoms with Crippen molar-refractivity contribution >= 4 is 12.7 Å². The molecule has 0 aromatic carbocycles. The van der Waals surface area contributed by atoms with Crippen LogP contribution in [0.3, 0.4) is 0 Å².